The van der Waals surface area contributed by atoms with Crippen LogP contribution < -0.4 is 11.1 Å². The molecule has 104 valence electrons. The number of hydrogen-bond acceptors (Lipinski definition) is 2. The SMILES string of the molecule is NC(=S)c1ccc(NCCC2CCCCC2)c(Cl)c1. The number of anilines is 1. The highest BCUT2D eigenvalue weighted by molar-refractivity contribution is 7.80. The molecular formula is C15H21ClN2S. The molecule has 0 atom stereocenters. The molecule has 0 amide bonds. The average molecular weight is 297 g/mol. The number of hydrogen-bond donors (Lipinski definition) is 2. The maximum Gasteiger partial charge on any atom is 0.104 e. The van der Waals surface area contributed by atoms with Crippen LogP contribution in [-0.4, -0.2) is 11.5 Å². The van der Waals surface area contributed by atoms with Gasteiger partial charge in [0.05, 0.1) is 10.7 Å². The Balaban J connectivity index is 1.83. The number of nitrogens with one attached hydrogen (secondary N) is 1. The molecule has 1 fully saturated rings. The van der Waals surface area contributed by atoms with Gasteiger partial charge in [-0.25, -0.2) is 0 Å². The molecule has 1 saturated carbocycles. The van der Waals surface area contributed by atoms with Gasteiger partial charge >= 0.3 is 0 Å². The van der Waals surface area contributed by atoms with E-state index in [1.807, 2.05) is 18.2 Å². The molecule has 0 aromatic heterocycles. The molecule has 1 aromatic rings. The summed E-state index contributed by atoms with van der Waals surface area (Å²) in [7, 11) is 0. The van der Waals surface area contributed by atoms with E-state index in [-0.39, 0.29) is 0 Å². The van der Waals surface area contributed by atoms with Gasteiger partial charge in [0.1, 0.15) is 4.99 Å². The lowest BCUT2D eigenvalue weighted by molar-refractivity contribution is 0.345. The van der Waals surface area contributed by atoms with Crippen LogP contribution in [0, 0.1) is 5.92 Å². The fourth-order valence-electron chi connectivity index (χ4n) is 2.70. The van der Waals surface area contributed by atoms with Crippen molar-refractivity contribution in [1.82, 2.24) is 0 Å². The number of thiocarbonyl (C=S) groups is 1. The Morgan fingerprint density at radius 3 is 2.68 bits per heavy atom. The molecule has 19 heavy (non-hydrogen) atoms. The zero-order chi connectivity index (χ0) is 13.7. The predicted octanol–water partition coefficient (Wildman–Crippen LogP) is 4.36. The second kappa shape index (κ2) is 7.11. The number of nitrogens with two attached hydrogens (primary N) is 1. The second-order valence-corrected chi connectivity index (χ2v) is 6.13. The molecule has 3 N–H and O–H groups in total. The Hall–Kier alpha value is -0.800. The van der Waals surface area contributed by atoms with Gasteiger partial charge in [-0.2, -0.15) is 0 Å². The van der Waals surface area contributed by atoms with Gasteiger partial charge in [-0.1, -0.05) is 55.9 Å². The van der Waals surface area contributed by atoms with E-state index >= 15 is 0 Å². The molecule has 2 rings (SSSR count). The molecular weight excluding hydrogens is 276 g/mol. The third kappa shape index (κ3) is 4.36. The van der Waals surface area contributed by atoms with Crippen LogP contribution in [0.1, 0.15) is 44.1 Å². The van der Waals surface area contributed by atoms with Crippen molar-refractivity contribution in [2.75, 3.05) is 11.9 Å². The summed E-state index contributed by atoms with van der Waals surface area (Å²) in [6, 6.07) is 5.70. The first-order chi connectivity index (χ1) is 9.16. The Morgan fingerprint density at radius 2 is 2.05 bits per heavy atom. The average Bonchev–Trinajstić information content (AvgIpc) is 2.41. The lowest BCUT2D eigenvalue weighted by Crippen LogP contribution is -2.13. The minimum absolute atomic E-state index is 0.385. The second-order valence-electron chi connectivity index (χ2n) is 5.28. The van der Waals surface area contributed by atoms with Crippen molar-refractivity contribution in [1.29, 1.82) is 0 Å². The summed E-state index contributed by atoms with van der Waals surface area (Å²) < 4.78 is 0. The minimum atomic E-state index is 0.385. The van der Waals surface area contributed by atoms with Crippen molar-refractivity contribution < 1.29 is 0 Å². The van der Waals surface area contributed by atoms with E-state index in [9.17, 15) is 0 Å². The van der Waals surface area contributed by atoms with Crippen LogP contribution >= 0.6 is 23.8 Å². The fraction of sp³-hybridized carbons (Fsp3) is 0.533. The predicted molar refractivity (Wildman–Crippen MR) is 87.0 cm³/mol. The maximum atomic E-state index is 6.22. The van der Waals surface area contributed by atoms with E-state index in [2.05, 4.69) is 5.32 Å². The summed E-state index contributed by atoms with van der Waals surface area (Å²) in [5.74, 6) is 0.885. The molecule has 2 nitrogen and oxygen atoms in total. The van der Waals surface area contributed by atoms with Crippen LogP contribution in [0.25, 0.3) is 0 Å². The van der Waals surface area contributed by atoms with E-state index in [0.29, 0.717) is 10.0 Å². The summed E-state index contributed by atoms with van der Waals surface area (Å²) >= 11 is 11.2. The Bertz CT molecular complexity index is 442. The maximum absolute atomic E-state index is 6.22. The van der Waals surface area contributed by atoms with Crippen LogP contribution in [0.2, 0.25) is 5.02 Å². The van der Waals surface area contributed by atoms with Crippen LogP contribution in [0.5, 0.6) is 0 Å². The topological polar surface area (TPSA) is 38.0 Å². The minimum Gasteiger partial charge on any atom is -0.389 e. The van der Waals surface area contributed by atoms with Crippen molar-refractivity contribution in [2.45, 2.75) is 38.5 Å². The molecule has 1 aromatic carbocycles. The van der Waals surface area contributed by atoms with Gasteiger partial charge in [-0.15, -0.1) is 0 Å². The summed E-state index contributed by atoms with van der Waals surface area (Å²) in [6.07, 6.45) is 8.21. The monoisotopic (exact) mass is 296 g/mol. The molecule has 0 saturated heterocycles. The van der Waals surface area contributed by atoms with Crippen molar-refractivity contribution in [3.05, 3.63) is 28.8 Å². The molecule has 1 aliphatic rings. The highest BCUT2D eigenvalue weighted by Crippen LogP contribution is 2.27. The summed E-state index contributed by atoms with van der Waals surface area (Å²) in [5.41, 5.74) is 7.37. The van der Waals surface area contributed by atoms with Crippen LogP contribution in [0.15, 0.2) is 18.2 Å². The molecule has 0 heterocycles. The first-order valence-electron chi connectivity index (χ1n) is 7.00. The van der Waals surface area contributed by atoms with Crippen molar-refractivity contribution in [2.24, 2.45) is 11.7 Å². The van der Waals surface area contributed by atoms with E-state index in [0.717, 1.165) is 23.7 Å². The molecule has 0 unspecified atom stereocenters. The Labute approximate surface area is 125 Å². The number of benzene rings is 1. The Morgan fingerprint density at radius 1 is 1.32 bits per heavy atom. The molecule has 0 bridgehead atoms. The van der Waals surface area contributed by atoms with Crippen LogP contribution in [0.4, 0.5) is 5.69 Å². The first-order valence-corrected chi connectivity index (χ1v) is 7.78. The van der Waals surface area contributed by atoms with Gasteiger partial charge in [-0.05, 0) is 30.5 Å². The lowest BCUT2D eigenvalue weighted by atomic mass is 9.87. The molecule has 1 aliphatic carbocycles. The largest absolute Gasteiger partial charge is 0.389 e. The van der Waals surface area contributed by atoms with Crippen LogP contribution in [-0.2, 0) is 0 Å². The number of rotatable bonds is 5. The highest BCUT2D eigenvalue weighted by atomic mass is 35.5. The number of halogens is 1. The van der Waals surface area contributed by atoms with Crippen molar-refractivity contribution >= 4 is 34.5 Å². The van der Waals surface area contributed by atoms with Crippen molar-refractivity contribution in [3.63, 3.8) is 0 Å². The van der Waals surface area contributed by atoms with Gasteiger partial charge in [-0.3, -0.25) is 0 Å². The van der Waals surface area contributed by atoms with Gasteiger partial charge in [0.15, 0.2) is 0 Å². The summed E-state index contributed by atoms with van der Waals surface area (Å²) in [4.78, 5) is 0.385. The third-order valence-electron chi connectivity index (χ3n) is 3.85. The molecule has 0 radical (unpaired) electrons. The van der Waals surface area contributed by atoms with Gasteiger partial charge in [0.25, 0.3) is 0 Å². The standard InChI is InChI=1S/C15H21ClN2S/c16-13-10-12(15(17)19)6-7-14(13)18-9-8-11-4-2-1-3-5-11/h6-7,10-11,18H,1-5,8-9H2,(H2,17,19). The summed E-state index contributed by atoms with van der Waals surface area (Å²) in [5, 5.41) is 4.10. The first kappa shape index (κ1) is 14.6. The van der Waals surface area contributed by atoms with Gasteiger partial charge < -0.3 is 11.1 Å². The zero-order valence-electron chi connectivity index (χ0n) is 11.1. The normalized spacial score (nSPS) is 16.3. The molecule has 0 aliphatic heterocycles. The third-order valence-corrected chi connectivity index (χ3v) is 4.39. The molecule has 0 spiro atoms. The smallest absolute Gasteiger partial charge is 0.104 e. The fourth-order valence-corrected chi connectivity index (χ4v) is 3.07. The van der Waals surface area contributed by atoms with E-state index in [1.165, 1.54) is 38.5 Å². The quantitative estimate of drug-likeness (QED) is 0.793. The molecule has 4 heteroatoms. The van der Waals surface area contributed by atoms with E-state index < -0.39 is 0 Å². The van der Waals surface area contributed by atoms with Gasteiger partial charge in [0.2, 0.25) is 0 Å². The van der Waals surface area contributed by atoms with E-state index in [1.54, 1.807) is 0 Å². The zero-order valence-corrected chi connectivity index (χ0v) is 12.7. The van der Waals surface area contributed by atoms with Gasteiger partial charge in [0, 0.05) is 12.1 Å². The van der Waals surface area contributed by atoms with E-state index in [4.69, 9.17) is 29.6 Å². The summed E-state index contributed by atoms with van der Waals surface area (Å²) in [6.45, 7) is 0.983. The lowest BCUT2D eigenvalue weighted by Gasteiger charge is -2.21. The Kier molecular flexibility index (Phi) is 5.46. The van der Waals surface area contributed by atoms with Crippen molar-refractivity contribution in [3.8, 4) is 0 Å². The van der Waals surface area contributed by atoms with Crippen LogP contribution in [0.3, 0.4) is 0 Å². The highest BCUT2D eigenvalue weighted by Gasteiger charge is 2.13.